The van der Waals surface area contributed by atoms with Gasteiger partial charge in [-0.15, -0.1) is 0 Å². The number of carboxylic acid groups (broad SMARTS) is 1. The highest BCUT2D eigenvalue weighted by molar-refractivity contribution is 6.31. The minimum Gasteiger partial charge on any atom is -0.478 e. The van der Waals surface area contributed by atoms with Crippen LogP contribution in [0.15, 0.2) is 60.7 Å². The Morgan fingerprint density at radius 3 is 2.30 bits per heavy atom. The molecule has 2 saturated heterocycles. The van der Waals surface area contributed by atoms with E-state index in [1.165, 1.54) is 36.4 Å². The van der Waals surface area contributed by atoms with E-state index in [9.17, 15) is 20.0 Å². The number of fused-ring (bicyclic) bond motifs is 1. The summed E-state index contributed by atoms with van der Waals surface area (Å²) in [7, 11) is 0. The molecule has 5 rings (SSSR count). The Morgan fingerprint density at radius 1 is 1.09 bits per heavy atom. The number of anilines is 1. The van der Waals surface area contributed by atoms with Crippen molar-refractivity contribution in [3.8, 4) is 6.07 Å². The van der Waals surface area contributed by atoms with Crippen molar-refractivity contribution in [1.82, 2.24) is 4.90 Å². The summed E-state index contributed by atoms with van der Waals surface area (Å²) in [5, 5.41) is 20.7. The second kappa shape index (κ2) is 11.4. The van der Waals surface area contributed by atoms with Gasteiger partial charge >= 0.3 is 5.97 Å². The standard InChI is InChI=1S/C34H33Cl2F2N3O3/c1-18(2)30-40(21-12-9-19(10-13-21)32(43)44)31(42)29-27(22-7-6-8-24(36)28(22)38)34(17-39,23-14-11-20(35)15-25(23)37)26(41(29)30)16-33(3,4)5/h6-15,18,26-27,29-30H,16H2,1-5H3,(H,43,44)/t26-,27-,29+,30+,34-/m0/s1. The first-order valence-electron chi connectivity index (χ1n) is 14.4. The first-order chi connectivity index (χ1) is 20.6. The molecule has 0 radical (unpaired) electrons. The van der Waals surface area contributed by atoms with E-state index in [0.29, 0.717) is 12.1 Å². The molecule has 0 unspecified atom stereocenters. The van der Waals surface area contributed by atoms with Gasteiger partial charge in [0.25, 0.3) is 0 Å². The monoisotopic (exact) mass is 639 g/mol. The number of benzene rings is 3. The Bertz CT molecular complexity index is 1670. The van der Waals surface area contributed by atoms with Crippen LogP contribution in [0.4, 0.5) is 14.5 Å². The van der Waals surface area contributed by atoms with E-state index in [0.717, 1.165) is 6.07 Å². The third-order valence-electron chi connectivity index (χ3n) is 8.75. The highest BCUT2D eigenvalue weighted by Crippen LogP contribution is 2.60. The number of hydrogen-bond acceptors (Lipinski definition) is 4. The molecular formula is C34H33Cl2F2N3O3. The summed E-state index contributed by atoms with van der Waals surface area (Å²) in [6.45, 7) is 9.88. The lowest BCUT2D eigenvalue weighted by atomic mass is 9.62. The number of hydrogen-bond donors (Lipinski definition) is 1. The number of nitriles is 1. The van der Waals surface area contributed by atoms with Crippen LogP contribution in [-0.4, -0.2) is 40.1 Å². The van der Waals surface area contributed by atoms with Crippen LogP contribution < -0.4 is 4.90 Å². The lowest BCUT2D eigenvalue weighted by molar-refractivity contribution is -0.119. The van der Waals surface area contributed by atoms with Crippen LogP contribution in [0.25, 0.3) is 0 Å². The minimum absolute atomic E-state index is 0.0325. The quantitative estimate of drug-likeness (QED) is 0.295. The molecular weight excluding hydrogens is 607 g/mol. The molecule has 1 N–H and O–H groups in total. The Balaban J connectivity index is 1.85. The summed E-state index contributed by atoms with van der Waals surface area (Å²) in [6, 6.07) is 15.2. The number of halogens is 4. The molecule has 2 fully saturated rings. The summed E-state index contributed by atoms with van der Waals surface area (Å²) in [6.07, 6.45) is -0.258. The third kappa shape index (κ3) is 5.05. The van der Waals surface area contributed by atoms with Gasteiger partial charge in [-0.05, 0) is 65.8 Å². The number of carbonyl (C=O) groups excluding carboxylic acids is 1. The fourth-order valence-corrected chi connectivity index (χ4v) is 7.51. The molecule has 0 saturated carbocycles. The first kappa shape index (κ1) is 31.9. The van der Waals surface area contributed by atoms with E-state index in [-0.39, 0.29) is 32.7 Å². The number of carboxylic acids is 1. The van der Waals surface area contributed by atoms with Crippen molar-refractivity contribution in [2.75, 3.05) is 4.90 Å². The maximum Gasteiger partial charge on any atom is 0.335 e. The third-order valence-corrected chi connectivity index (χ3v) is 9.27. The Hall–Kier alpha value is -3.51. The van der Waals surface area contributed by atoms with Gasteiger partial charge in [0.15, 0.2) is 0 Å². The van der Waals surface area contributed by atoms with Crippen molar-refractivity contribution < 1.29 is 23.5 Å². The first-order valence-corrected chi connectivity index (χ1v) is 15.1. The zero-order valence-corrected chi connectivity index (χ0v) is 26.5. The number of aromatic carboxylic acids is 1. The van der Waals surface area contributed by atoms with Crippen molar-refractivity contribution in [3.05, 3.63) is 99.0 Å². The number of rotatable bonds is 6. The number of nitrogens with zero attached hydrogens (tertiary/aromatic N) is 3. The minimum atomic E-state index is -1.72. The summed E-state index contributed by atoms with van der Waals surface area (Å²) in [5.41, 5.74) is -1.52. The van der Waals surface area contributed by atoms with Gasteiger partial charge in [-0.3, -0.25) is 14.6 Å². The largest absolute Gasteiger partial charge is 0.478 e. The van der Waals surface area contributed by atoms with E-state index in [1.54, 1.807) is 23.1 Å². The second-order valence-corrected chi connectivity index (χ2v) is 14.0. The summed E-state index contributed by atoms with van der Waals surface area (Å²) in [5.74, 6) is -4.35. The van der Waals surface area contributed by atoms with E-state index in [4.69, 9.17) is 23.2 Å². The van der Waals surface area contributed by atoms with Gasteiger partial charge in [0.1, 0.15) is 23.1 Å². The zero-order chi connectivity index (χ0) is 32.3. The summed E-state index contributed by atoms with van der Waals surface area (Å²) in [4.78, 5) is 29.9. The average molecular weight is 641 g/mol. The van der Waals surface area contributed by atoms with Gasteiger partial charge in [0.05, 0.1) is 22.8 Å². The van der Waals surface area contributed by atoms with Gasteiger partial charge in [-0.25, -0.2) is 13.6 Å². The van der Waals surface area contributed by atoms with E-state index in [2.05, 4.69) is 6.07 Å². The van der Waals surface area contributed by atoms with Gasteiger partial charge in [0, 0.05) is 28.2 Å². The van der Waals surface area contributed by atoms with Crippen molar-refractivity contribution in [2.45, 2.75) is 70.6 Å². The van der Waals surface area contributed by atoms with Crippen LogP contribution in [-0.2, 0) is 10.2 Å². The number of amides is 1. The molecule has 0 spiro atoms. The Kier molecular flexibility index (Phi) is 8.30. The van der Waals surface area contributed by atoms with Crippen molar-refractivity contribution in [1.29, 1.82) is 5.26 Å². The van der Waals surface area contributed by atoms with Crippen LogP contribution in [0.3, 0.4) is 0 Å². The molecule has 2 aliphatic rings. The highest BCUT2D eigenvalue weighted by Gasteiger charge is 2.70. The molecule has 5 atom stereocenters. The molecule has 2 aliphatic heterocycles. The Labute approximate surface area is 265 Å². The molecule has 3 aromatic carbocycles. The van der Waals surface area contributed by atoms with Crippen molar-refractivity contribution in [2.24, 2.45) is 11.3 Å². The van der Waals surface area contributed by atoms with Crippen LogP contribution in [0.2, 0.25) is 10.0 Å². The average Bonchev–Trinajstić information content (AvgIpc) is 3.39. The normalized spacial score (nSPS) is 25.4. The SMILES string of the molecule is CC(C)[C@@H]1N(c2ccc(C(=O)O)cc2)C(=O)[C@H]2[C@H](c3cccc(Cl)c3F)[C@@](C#N)(c3ccc(Cl)cc3F)[C@H](CC(C)(C)C)N12. The predicted molar refractivity (Wildman–Crippen MR) is 166 cm³/mol. The van der Waals surface area contributed by atoms with Crippen molar-refractivity contribution >= 4 is 40.8 Å². The summed E-state index contributed by atoms with van der Waals surface area (Å²) >= 11 is 12.4. The van der Waals surface area contributed by atoms with Crippen LogP contribution in [0.1, 0.15) is 68.4 Å². The van der Waals surface area contributed by atoms with Gasteiger partial charge in [-0.2, -0.15) is 5.26 Å². The molecule has 1 amide bonds. The lowest BCUT2D eigenvalue weighted by Gasteiger charge is -2.43. The second-order valence-electron chi connectivity index (χ2n) is 13.1. The Morgan fingerprint density at radius 2 is 1.75 bits per heavy atom. The fourth-order valence-electron chi connectivity index (χ4n) is 7.17. The molecule has 6 nitrogen and oxygen atoms in total. The molecule has 0 aliphatic carbocycles. The molecule has 10 heteroatoms. The van der Waals surface area contributed by atoms with Crippen molar-refractivity contribution in [3.63, 3.8) is 0 Å². The molecule has 0 aromatic heterocycles. The maximum absolute atomic E-state index is 16.1. The van der Waals surface area contributed by atoms with Gasteiger partial charge in [-0.1, -0.05) is 76.0 Å². The van der Waals surface area contributed by atoms with E-state index >= 15 is 8.78 Å². The predicted octanol–water partition coefficient (Wildman–Crippen LogP) is 8.03. The fraction of sp³-hybridized carbons (Fsp3) is 0.382. The van der Waals surface area contributed by atoms with Crippen LogP contribution in [0.5, 0.6) is 0 Å². The maximum atomic E-state index is 16.1. The smallest absolute Gasteiger partial charge is 0.335 e. The van der Waals surface area contributed by atoms with E-state index < -0.39 is 58.5 Å². The molecule has 3 aromatic rings. The molecule has 0 bridgehead atoms. The molecule has 2 heterocycles. The van der Waals surface area contributed by atoms with Gasteiger partial charge < -0.3 is 5.11 Å². The molecule has 230 valence electrons. The van der Waals surface area contributed by atoms with Crippen LogP contribution in [0, 0.1) is 34.3 Å². The zero-order valence-electron chi connectivity index (χ0n) is 25.0. The summed E-state index contributed by atoms with van der Waals surface area (Å²) < 4.78 is 32.2. The number of carbonyl (C=O) groups is 2. The highest BCUT2D eigenvalue weighted by atomic mass is 35.5. The molecule has 44 heavy (non-hydrogen) atoms. The van der Waals surface area contributed by atoms with Crippen LogP contribution >= 0.6 is 23.2 Å². The van der Waals surface area contributed by atoms with Gasteiger partial charge in [0.2, 0.25) is 5.91 Å². The topological polar surface area (TPSA) is 84.6 Å². The van der Waals surface area contributed by atoms with E-state index in [1.807, 2.05) is 39.5 Å². The lowest BCUT2D eigenvalue weighted by Crippen LogP contribution is -2.53.